The zero-order valence-electron chi connectivity index (χ0n) is 7.60. The Morgan fingerprint density at radius 2 is 1.73 bits per heavy atom. The van der Waals surface area contributed by atoms with E-state index in [1.165, 1.54) is 6.20 Å². The smallest absolute Gasteiger partial charge is 0.132 e. The fourth-order valence-electron chi connectivity index (χ4n) is 1.35. The molecule has 0 atom stereocenters. The highest BCUT2D eigenvalue weighted by atomic mass is 16.3. The molecule has 6 heteroatoms. The van der Waals surface area contributed by atoms with E-state index in [9.17, 15) is 10.2 Å². The van der Waals surface area contributed by atoms with E-state index >= 15 is 0 Å². The summed E-state index contributed by atoms with van der Waals surface area (Å²) >= 11 is 0. The number of nitrogens with zero attached hydrogens (tertiary/aromatic N) is 1. The van der Waals surface area contributed by atoms with Gasteiger partial charge in [0.2, 0.25) is 0 Å². The number of nitrogens with one attached hydrogen (secondary N) is 1. The Morgan fingerprint density at radius 1 is 1.13 bits per heavy atom. The van der Waals surface area contributed by atoms with Crippen LogP contribution in [0.4, 0.5) is 5.69 Å². The predicted molar refractivity (Wildman–Crippen MR) is 53.4 cm³/mol. The Labute approximate surface area is 84.6 Å². The summed E-state index contributed by atoms with van der Waals surface area (Å²) in [6.07, 6.45) is 1.36. The number of rotatable bonds is 1. The minimum atomic E-state index is -0.275. The highest BCUT2D eigenvalue weighted by Crippen LogP contribution is 2.41. The standard InChI is InChI=1S/C9H9N3O3/c10-5-3-11-12-9(5)8-6(14)1-4(13)2-7(8)15/h1-3,13-15H,10H2,(H,11,12). The van der Waals surface area contributed by atoms with Crippen LogP contribution in [-0.2, 0) is 0 Å². The molecule has 0 saturated carbocycles. The van der Waals surface area contributed by atoms with E-state index in [2.05, 4.69) is 10.2 Å². The monoisotopic (exact) mass is 207 g/mol. The SMILES string of the molecule is Nc1cn[nH]c1-c1c(O)cc(O)cc1O. The van der Waals surface area contributed by atoms with Gasteiger partial charge in [0.05, 0.1) is 23.1 Å². The molecular formula is C9H9N3O3. The van der Waals surface area contributed by atoms with Crippen LogP contribution in [0.2, 0.25) is 0 Å². The van der Waals surface area contributed by atoms with Crippen molar-refractivity contribution in [2.45, 2.75) is 0 Å². The van der Waals surface area contributed by atoms with Crippen molar-refractivity contribution in [3.05, 3.63) is 18.3 Å². The lowest BCUT2D eigenvalue weighted by molar-refractivity contribution is 0.430. The van der Waals surface area contributed by atoms with Gasteiger partial charge >= 0.3 is 0 Å². The van der Waals surface area contributed by atoms with E-state index in [0.717, 1.165) is 12.1 Å². The number of hydrogen-bond acceptors (Lipinski definition) is 5. The first-order valence-corrected chi connectivity index (χ1v) is 4.13. The third-order valence-electron chi connectivity index (χ3n) is 2.00. The maximum Gasteiger partial charge on any atom is 0.132 e. The van der Waals surface area contributed by atoms with E-state index in [-0.39, 0.29) is 22.8 Å². The summed E-state index contributed by atoms with van der Waals surface area (Å²) in [5.74, 6) is -0.779. The van der Waals surface area contributed by atoms with E-state index in [0.29, 0.717) is 11.4 Å². The first-order valence-electron chi connectivity index (χ1n) is 4.13. The number of aromatic hydroxyl groups is 3. The lowest BCUT2D eigenvalue weighted by atomic mass is 10.1. The van der Waals surface area contributed by atoms with Crippen LogP contribution in [0.3, 0.4) is 0 Å². The quantitative estimate of drug-likeness (QED) is 0.473. The van der Waals surface area contributed by atoms with Crippen LogP contribution in [0.1, 0.15) is 0 Å². The largest absolute Gasteiger partial charge is 0.508 e. The number of aromatic nitrogens is 2. The highest BCUT2D eigenvalue weighted by Gasteiger charge is 2.15. The summed E-state index contributed by atoms with van der Waals surface area (Å²) in [5, 5.41) is 34.4. The molecule has 0 aliphatic carbocycles. The zero-order valence-corrected chi connectivity index (χ0v) is 7.60. The van der Waals surface area contributed by atoms with Gasteiger partial charge in [0.25, 0.3) is 0 Å². The van der Waals surface area contributed by atoms with Gasteiger partial charge in [-0.2, -0.15) is 5.10 Å². The summed E-state index contributed by atoms with van der Waals surface area (Å²) in [6, 6.07) is 2.21. The Balaban J connectivity index is 2.68. The van der Waals surface area contributed by atoms with Crippen LogP contribution >= 0.6 is 0 Å². The second-order valence-electron chi connectivity index (χ2n) is 3.06. The number of anilines is 1. The van der Waals surface area contributed by atoms with E-state index in [4.69, 9.17) is 10.8 Å². The van der Waals surface area contributed by atoms with Crippen LogP contribution in [0.15, 0.2) is 18.3 Å². The van der Waals surface area contributed by atoms with Gasteiger partial charge in [-0.1, -0.05) is 0 Å². The summed E-state index contributed by atoms with van der Waals surface area (Å²) in [4.78, 5) is 0. The summed E-state index contributed by atoms with van der Waals surface area (Å²) in [5.41, 5.74) is 6.29. The van der Waals surface area contributed by atoms with Gasteiger partial charge in [0.1, 0.15) is 17.2 Å². The molecule has 0 aliphatic rings. The lowest BCUT2D eigenvalue weighted by Crippen LogP contribution is -1.88. The Kier molecular flexibility index (Phi) is 1.89. The summed E-state index contributed by atoms with van der Waals surface area (Å²) in [7, 11) is 0. The van der Waals surface area contributed by atoms with Gasteiger partial charge in [0, 0.05) is 12.1 Å². The first-order chi connectivity index (χ1) is 7.09. The van der Waals surface area contributed by atoms with E-state index in [1.807, 2.05) is 0 Å². The molecule has 0 bridgehead atoms. The van der Waals surface area contributed by atoms with Crippen molar-refractivity contribution in [2.24, 2.45) is 0 Å². The van der Waals surface area contributed by atoms with Crippen molar-refractivity contribution in [3.8, 4) is 28.5 Å². The third-order valence-corrected chi connectivity index (χ3v) is 2.00. The van der Waals surface area contributed by atoms with E-state index < -0.39 is 0 Å². The lowest BCUT2D eigenvalue weighted by Gasteiger charge is -2.06. The molecule has 1 heterocycles. The molecule has 0 fully saturated rings. The van der Waals surface area contributed by atoms with Crippen molar-refractivity contribution >= 4 is 5.69 Å². The molecule has 0 amide bonds. The van der Waals surface area contributed by atoms with Crippen LogP contribution in [-0.4, -0.2) is 25.5 Å². The normalized spacial score (nSPS) is 10.4. The van der Waals surface area contributed by atoms with Crippen LogP contribution in [0, 0.1) is 0 Å². The fraction of sp³-hybridized carbons (Fsp3) is 0. The topological polar surface area (TPSA) is 115 Å². The van der Waals surface area contributed by atoms with Gasteiger partial charge in [-0.25, -0.2) is 0 Å². The van der Waals surface area contributed by atoms with Gasteiger partial charge in [-0.3, -0.25) is 5.10 Å². The number of nitrogen functional groups attached to an aromatic ring is 1. The minimum absolute atomic E-state index is 0.114. The second kappa shape index (κ2) is 3.09. The highest BCUT2D eigenvalue weighted by molar-refractivity contribution is 5.81. The number of hydrogen-bond donors (Lipinski definition) is 5. The average Bonchev–Trinajstić information content (AvgIpc) is 2.50. The number of H-pyrrole nitrogens is 1. The molecule has 6 N–H and O–H groups in total. The molecular weight excluding hydrogens is 198 g/mol. The molecule has 1 aromatic carbocycles. The molecule has 0 aliphatic heterocycles. The molecule has 0 saturated heterocycles. The van der Waals surface area contributed by atoms with Crippen molar-refractivity contribution < 1.29 is 15.3 Å². The molecule has 2 rings (SSSR count). The molecule has 6 nitrogen and oxygen atoms in total. The average molecular weight is 207 g/mol. The molecule has 2 aromatic rings. The van der Waals surface area contributed by atoms with Crippen LogP contribution in [0.25, 0.3) is 11.3 Å². The van der Waals surface area contributed by atoms with Crippen molar-refractivity contribution in [3.63, 3.8) is 0 Å². The minimum Gasteiger partial charge on any atom is -0.508 e. The van der Waals surface area contributed by atoms with Crippen molar-refractivity contribution in [1.29, 1.82) is 0 Å². The van der Waals surface area contributed by atoms with Gasteiger partial charge in [-0.05, 0) is 0 Å². The van der Waals surface area contributed by atoms with E-state index in [1.54, 1.807) is 0 Å². The summed E-state index contributed by atoms with van der Waals surface area (Å²) in [6.45, 7) is 0. The molecule has 0 radical (unpaired) electrons. The Bertz CT molecular complexity index is 484. The molecule has 1 aromatic heterocycles. The Hall–Kier alpha value is -2.37. The van der Waals surface area contributed by atoms with Crippen molar-refractivity contribution in [1.82, 2.24) is 10.2 Å². The fourth-order valence-corrected chi connectivity index (χ4v) is 1.35. The molecule has 0 spiro atoms. The second-order valence-corrected chi connectivity index (χ2v) is 3.06. The summed E-state index contributed by atoms with van der Waals surface area (Å²) < 4.78 is 0. The number of phenolic OH excluding ortho intramolecular Hbond substituents is 3. The number of benzene rings is 1. The number of nitrogens with two attached hydrogens (primary N) is 1. The predicted octanol–water partition coefficient (Wildman–Crippen LogP) is 0.776. The first kappa shape index (κ1) is 9.20. The van der Waals surface area contributed by atoms with Crippen molar-refractivity contribution in [2.75, 3.05) is 5.73 Å². The number of phenols is 3. The number of aromatic amines is 1. The Morgan fingerprint density at radius 3 is 2.20 bits per heavy atom. The zero-order chi connectivity index (χ0) is 11.0. The molecule has 0 unspecified atom stereocenters. The maximum atomic E-state index is 9.55. The van der Waals surface area contributed by atoms with Crippen LogP contribution in [0.5, 0.6) is 17.2 Å². The molecule has 15 heavy (non-hydrogen) atoms. The molecule has 78 valence electrons. The maximum absolute atomic E-state index is 9.55. The van der Waals surface area contributed by atoms with Gasteiger partial charge in [0.15, 0.2) is 0 Å². The van der Waals surface area contributed by atoms with Gasteiger partial charge < -0.3 is 21.1 Å². The van der Waals surface area contributed by atoms with Gasteiger partial charge in [-0.15, -0.1) is 0 Å². The third kappa shape index (κ3) is 1.41. The van der Waals surface area contributed by atoms with Crippen LogP contribution < -0.4 is 5.73 Å².